The second-order valence-electron chi connectivity index (χ2n) is 10.9. The van der Waals surface area contributed by atoms with E-state index in [1.54, 1.807) is 51.0 Å². The van der Waals surface area contributed by atoms with Crippen LogP contribution in [0.4, 0.5) is 4.79 Å². The van der Waals surface area contributed by atoms with Crippen LogP contribution in [0.25, 0.3) is 0 Å². The average molecular weight is 537 g/mol. The quantitative estimate of drug-likeness (QED) is 0.413. The summed E-state index contributed by atoms with van der Waals surface area (Å²) in [5, 5.41) is 10.4. The highest BCUT2D eigenvalue weighted by molar-refractivity contribution is 5.96. The number of amides is 2. The van der Waals surface area contributed by atoms with Crippen LogP contribution in [0.5, 0.6) is 11.5 Å². The Labute approximate surface area is 226 Å². The van der Waals surface area contributed by atoms with Crippen LogP contribution in [-0.2, 0) is 14.3 Å². The van der Waals surface area contributed by atoms with E-state index in [0.29, 0.717) is 43.1 Å². The first kappa shape index (κ1) is 31.2. The van der Waals surface area contributed by atoms with Crippen molar-refractivity contribution < 1.29 is 38.4 Å². The van der Waals surface area contributed by atoms with E-state index in [9.17, 15) is 19.5 Å². The predicted molar refractivity (Wildman–Crippen MR) is 143 cm³/mol. The number of carbonyl (C=O) groups excluding carboxylic acids is 2. The van der Waals surface area contributed by atoms with E-state index < -0.39 is 29.1 Å². The van der Waals surface area contributed by atoms with E-state index in [0.717, 1.165) is 0 Å². The van der Waals surface area contributed by atoms with Gasteiger partial charge in [-0.15, -0.1) is 0 Å². The molecular weight excluding hydrogens is 492 g/mol. The zero-order valence-electron chi connectivity index (χ0n) is 24.0. The Kier molecular flexibility index (Phi) is 10.8. The number of benzene rings is 1. The molecule has 0 radical (unpaired) electrons. The number of likely N-dealkylation sites (tertiary alicyclic amines) is 1. The minimum Gasteiger partial charge on any atom is -0.493 e. The van der Waals surface area contributed by atoms with Crippen LogP contribution in [0.1, 0.15) is 71.2 Å². The Bertz CT molecular complexity index is 974. The van der Waals surface area contributed by atoms with Crippen LogP contribution >= 0.6 is 0 Å². The minimum atomic E-state index is -1.22. The number of hydrogen-bond acceptors (Lipinski definition) is 7. The van der Waals surface area contributed by atoms with E-state index in [2.05, 4.69) is 0 Å². The summed E-state index contributed by atoms with van der Waals surface area (Å²) in [6, 6.07) is 3.81. The zero-order chi connectivity index (χ0) is 28.7. The second-order valence-corrected chi connectivity index (χ2v) is 10.9. The molecule has 2 amide bonds. The molecule has 0 aromatic heterocycles. The fourth-order valence-corrected chi connectivity index (χ4v) is 4.83. The fraction of sp³-hybridized carbons (Fsp3) is 0.679. The Morgan fingerprint density at radius 2 is 1.84 bits per heavy atom. The molecule has 0 saturated carbocycles. The standard InChI is InChI=1S/C28H44N2O8/c1-9-28(25(32)33)13-14-29(26(34)38-27(4,5)6)18-23(28)30(19(2)3)24(31)20-11-12-21(36-8)22(17-20)37-16-10-15-35-7/h11-12,17,19,23H,9-10,13-16,18H2,1-8H3,(H,32,33). The summed E-state index contributed by atoms with van der Waals surface area (Å²) in [6.07, 6.45) is 0.651. The molecule has 2 rings (SSSR count). The van der Waals surface area contributed by atoms with Crippen LogP contribution in [0.15, 0.2) is 18.2 Å². The van der Waals surface area contributed by atoms with Gasteiger partial charge >= 0.3 is 12.1 Å². The minimum absolute atomic E-state index is 0.0511. The van der Waals surface area contributed by atoms with Gasteiger partial charge < -0.3 is 33.9 Å². The molecule has 0 spiro atoms. The molecular formula is C28H44N2O8. The fourth-order valence-electron chi connectivity index (χ4n) is 4.83. The molecule has 1 fully saturated rings. The average Bonchev–Trinajstić information content (AvgIpc) is 2.85. The van der Waals surface area contributed by atoms with Crippen molar-refractivity contribution in [3.05, 3.63) is 23.8 Å². The summed E-state index contributed by atoms with van der Waals surface area (Å²) in [7, 11) is 3.14. The van der Waals surface area contributed by atoms with Gasteiger partial charge in [-0.1, -0.05) is 6.92 Å². The van der Waals surface area contributed by atoms with Crippen molar-refractivity contribution in [2.45, 2.75) is 78.5 Å². The van der Waals surface area contributed by atoms with Gasteiger partial charge in [0, 0.05) is 44.8 Å². The highest BCUT2D eigenvalue weighted by atomic mass is 16.6. The number of carbonyl (C=O) groups is 3. The molecule has 1 saturated heterocycles. The molecule has 0 aliphatic carbocycles. The maximum absolute atomic E-state index is 14.0. The Balaban J connectivity index is 2.48. The zero-order valence-corrected chi connectivity index (χ0v) is 24.0. The smallest absolute Gasteiger partial charge is 0.410 e. The number of rotatable bonds is 11. The third kappa shape index (κ3) is 7.30. The van der Waals surface area contributed by atoms with Crippen LogP contribution in [0.2, 0.25) is 0 Å². The van der Waals surface area contributed by atoms with Gasteiger partial charge in [-0.05, 0) is 65.7 Å². The predicted octanol–water partition coefficient (Wildman–Crippen LogP) is 4.45. The van der Waals surface area contributed by atoms with Crippen molar-refractivity contribution in [3.8, 4) is 11.5 Å². The van der Waals surface area contributed by atoms with Crippen molar-refractivity contribution in [1.82, 2.24) is 9.80 Å². The van der Waals surface area contributed by atoms with Gasteiger partial charge in [-0.2, -0.15) is 0 Å². The molecule has 1 aliphatic rings. The molecule has 2 unspecified atom stereocenters. The van der Waals surface area contributed by atoms with Crippen molar-refractivity contribution in [2.24, 2.45) is 5.41 Å². The van der Waals surface area contributed by atoms with Gasteiger partial charge in [-0.25, -0.2) is 4.79 Å². The second kappa shape index (κ2) is 13.2. The molecule has 10 nitrogen and oxygen atoms in total. The Hall–Kier alpha value is -3.01. The lowest BCUT2D eigenvalue weighted by molar-refractivity contribution is -0.158. The third-order valence-electron chi connectivity index (χ3n) is 6.86. The van der Waals surface area contributed by atoms with Gasteiger partial charge in [0.1, 0.15) is 5.60 Å². The first-order valence-corrected chi connectivity index (χ1v) is 13.1. The molecule has 1 N–H and O–H groups in total. The topological polar surface area (TPSA) is 115 Å². The number of carboxylic acid groups (broad SMARTS) is 1. The van der Waals surface area contributed by atoms with E-state index >= 15 is 0 Å². The first-order valence-electron chi connectivity index (χ1n) is 13.1. The SMILES string of the molecule is CCC1(C(=O)O)CCN(C(=O)OC(C)(C)C)CC1N(C(=O)c1ccc(OC)c(OCCCOC)c1)C(C)C. The lowest BCUT2D eigenvalue weighted by atomic mass is 9.71. The summed E-state index contributed by atoms with van der Waals surface area (Å²) in [5.41, 5.74) is -1.58. The van der Waals surface area contributed by atoms with Gasteiger partial charge in [-0.3, -0.25) is 9.59 Å². The Morgan fingerprint density at radius 1 is 1.16 bits per heavy atom. The largest absolute Gasteiger partial charge is 0.493 e. The summed E-state index contributed by atoms with van der Waals surface area (Å²) in [6.45, 7) is 12.0. The number of nitrogens with zero attached hydrogens (tertiary/aromatic N) is 2. The van der Waals surface area contributed by atoms with E-state index in [1.807, 2.05) is 20.8 Å². The van der Waals surface area contributed by atoms with Gasteiger partial charge in [0.25, 0.3) is 5.91 Å². The molecule has 1 aliphatic heterocycles. The van der Waals surface area contributed by atoms with Crippen LogP contribution in [-0.4, -0.2) is 91.1 Å². The lowest BCUT2D eigenvalue weighted by Crippen LogP contribution is -2.64. The van der Waals surface area contributed by atoms with Crippen molar-refractivity contribution in [1.29, 1.82) is 0 Å². The summed E-state index contributed by atoms with van der Waals surface area (Å²) in [5.74, 6) is -0.432. The molecule has 1 heterocycles. The molecule has 2 atom stereocenters. The molecule has 1 aromatic rings. The van der Waals surface area contributed by atoms with Crippen molar-refractivity contribution >= 4 is 18.0 Å². The van der Waals surface area contributed by atoms with E-state index in [-0.39, 0.29) is 31.5 Å². The number of ether oxygens (including phenoxy) is 4. The molecule has 1 aromatic carbocycles. The molecule has 10 heteroatoms. The lowest BCUT2D eigenvalue weighted by Gasteiger charge is -2.50. The van der Waals surface area contributed by atoms with E-state index in [4.69, 9.17) is 18.9 Å². The maximum Gasteiger partial charge on any atom is 0.410 e. The number of carboxylic acids is 1. The third-order valence-corrected chi connectivity index (χ3v) is 6.86. The molecule has 38 heavy (non-hydrogen) atoms. The summed E-state index contributed by atoms with van der Waals surface area (Å²) in [4.78, 5) is 42.8. The summed E-state index contributed by atoms with van der Waals surface area (Å²) >= 11 is 0. The van der Waals surface area contributed by atoms with Gasteiger partial charge in [0.2, 0.25) is 0 Å². The van der Waals surface area contributed by atoms with Crippen LogP contribution in [0.3, 0.4) is 0 Å². The highest BCUT2D eigenvalue weighted by Crippen LogP contribution is 2.41. The summed E-state index contributed by atoms with van der Waals surface area (Å²) < 4.78 is 21.9. The Morgan fingerprint density at radius 3 is 2.37 bits per heavy atom. The normalized spacial score (nSPS) is 19.7. The van der Waals surface area contributed by atoms with Crippen LogP contribution < -0.4 is 9.47 Å². The van der Waals surface area contributed by atoms with Crippen molar-refractivity contribution in [3.63, 3.8) is 0 Å². The van der Waals surface area contributed by atoms with Gasteiger partial charge in [0.15, 0.2) is 11.5 Å². The number of aliphatic carboxylic acids is 1. The number of hydrogen-bond donors (Lipinski definition) is 1. The monoisotopic (exact) mass is 536 g/mol. The first-order chi connectivity index (χ1) is 17.8. The van der Waals surface area contributed by atoms with Crippen LogP contribution in [0, 0.1) is 5.41 Å². The van der Waals surface area contributed by atoms with Crippen molar-refractivity contribution in [2.75, 3.05) is 40.5 Å². The number of methoxy groups -OCH3 is 2. The maximum atomic E-state index is 14.0. The van der Waals surface area contributed by atoms with E-state index in [1.165, 1.54) is 12.0 Å². The van der Waals surface area contributed by atoms with Gasteiger partial charge in [0.05, 0.1) is 25.2 Å². The molecule has 214 valence electrons. The number of piperidine rings is 1. The highest BCUT2D eigenvalue weighted by Gasteiger charge is 2.53. The molecule has 0 bridgehead atoms.